The van der Waals surface area contributed by atoms with Crippen LogP contribution in [0.4, 0.5) is 0 Å². The molecular formula is C18H19N5O2S2. The molecule has 0 saturated carbocycles. The molecule has 0 aliphatic carbocycles. The van der Waals surface area contributed by atoms with Crippen LogP contribution in [0.3, 0.4) is 0 Å². The van der Waals surface area contributed by atoms with Crippen LogP contribution in [0.15, 0.2) is 51.7 Å². The minimum absolute atomic E-state index is 0.111. The molecule has 9 heteroatoms. The van der Waals surface area contributed by atoms with Gasteiger partial charge in [0.05, 0.1) is 5.75 Å². The predicted octanol–water partition coefficient (Wildman–Crippen LogP) is 2.63. The van der Waals surface area contributed by atoms with Crippen LogP contribution >= 0.6 is 23.1 Å². The van der Waals surface area contributed by atoms with Crippen LogP contribution in [0, 0.1) is 0 Å². The summed E-state index contributed by atoms with van der Waals surface area (Å²) in [6, 6.07) is 7.85. The van der Waals surface area contributed by atoms with E-state index in [-0.39, 0.29) is 5.91 Å². The van der Waals surface area contributed by atoms with E-state index in [0.717, 1.165) is 38.3 Å². The van der Waals surface area contributed by atoms with Gasteiger partial charge in [-0.3, -0.25) is 14.7 Å². The molecule has 3 aromatic heterocycles. The van der Waals surface area contributed by atoms with Gasteiger partial charge in [-0.1, -0.05) is 17.8 Å². The number of hydrogen-bond donors (Lipinski definition) is 0. The Bertz CT molecular complexity index is 861. The summed E-state index contributed by atoms with van der Waals surface area (Å²) in [5, 5.41) is 10.5. The zero-order valence-electron chi connectivity index (χ0n) is 14.7. The third kappa shape index (κ3) is 4.74. The topological polar surface area (TPSA) is 75.4 Å². The summed E-state index contributed by atoms with van der Waals surface area (Å²) in [6.07, 6.45) is 3.35. The lowest BCUT2D eigenvalue weighted by molar-refractivity contribution is -0.130. The van der Waals surface area contributed by atoms with Crippen molar-refractivity contribution in [3.05, 3.63) is 46.9 Å². The summed E-state index contributed by atoms with van der Waals surface area (Å²) in [5.41, 5.74) is 0.817. The van der Waals surface area contributed by atoms with Crippen molar-refractivity contribution in [2.75, 3.05) is 31.9 Å². The van der Waals surface area contributed by atoms with Gasteiger partial charge in [0.15, 0.2) is 0 Å². The summed E-state index contributed by atoms with van der Waals surface area (Å²) in [6.45, 7) is 4.30. The third-order valence-corrected chi connectivity index (χ3v) is 6.00. The van der Waals surface area contributed by atoms with Gasteiger partial charge in [0, 0.05) is 55.6 Å². The van der Waals surface area contributed by atoms with Crippen LogP contribution in [0.1, 0.15) is 4.88 Å². The number of hydrogen-bond acceptors (Lipinski definition) is 8. The number of rotatable bonds is 6. The van der Waals surface area contributed by atoms with Crippen LogP contribution in [0.2, 0.25) is 0 Å². The number of amides is 1. The lowest BCUT2D eigenvalue weighted by Crippen LogP contribution is -2.48. The predicted molar refractivity (Wildman–Crippen MR) is 104 cm³/mol. The van der Waals surface area contributed by atoms with E-state index in [1.54, 1.807) is 23.7 Å². The first-order valence-electron chi connectivity index (χ1n) is 8.67. The summed E-state index contributed by atoms with van der Waals surface area (Å²) >= 11 is 3.06. The minimum atomic E-state index is 0.111. The molecule has 1 fully saturated rings. The van der Waals surface area contributed by atoms with Gasteiger partial charge in [0.2, 0.25) is 11.8 Å². The highest BCUT2D eigenvalue weighted by Gasteiger charge is 2.22. The molecule has 4 heterocycles. The number of carbonyl (C=O) groups is 1. The zero-order valence-corrected chi connectivity index (χ0v) is 16.3. The molecule has 7 nitrogen and oxygen atoms in total. The Labute approximate surface area is 165 Å². The maximum absolute atomic E-state index is 12.5. The van der Waals surface area contributed by atoms with Crippen molar-refractivity contribution in [2.45, 2.75) is 11.8 Å². The fourth-order valence-corrected chi connectivity index (χ4v) is 4.28. The van der Waals surface area contributed by atoms with Gasteiger partial charge in [-0.2, -0.15) is 0 Å². The van der Waals surface area contributed by atoms with E-state index in [4.69, 9.17) is 4.42 Å². The SMILES string of the molecule is O=C(CSc1nnc(-c2ccncc2)o1)N1CCN(Cc2cccs2)CC1. The second-order valence-electron chi connectivity index (χ2n) is 6.13. The smallest absolute Gasteiger partial charge is 0.277 e. The lowest BCUT2D eigenvalue weighted by atomic mass is 10.3. The van der Waals surface area contributed by atoms with Crippen molar-refractivity contribution in [1.82, 2.24) is 25.0 Å². The minimum Gasteiger partial charge on any atom is -0.411 e. The van der Waals surface area contributed by atoms with E-state index in [1.807, 2.05) is 17.0 Å². The summed E-state index contributed by atoms with van der Waals surface area (Å²) in [7, 11) is 0. The largest absolute Gasteiger partial charge is 0.411 e. The Hall–Kier alpha value is -2.23. The molecule has 0 N–H and O–H groups in total. The van der Waals surface area contributed by atoms with Gasteiger partial charge in [-0.05, 0) is 23.6 Å². The van der Waals surface area contributed by atoms with Crippen molar-refractivity contribution in [3.8, 4) is 11.5 Å². The fraction of sp³-hybridized carbons (Fsp3) is 0.333. The van der Waals surface area contributed by atoms with Crippen LogP contribution < -0.4 is 0 Å². The maximum Gasteiger partial charge on any atom is 0.277 e. The molecular weight excluding hydrogens is 382 g/mol. The van der Waals surface area contributed by atoms with Crippen molar-refractivity contribution >= 4 is 29.0 Å². The Morgan fingerprint density at radius 1 is 1.15 bits per heavy atom. The van der Waals surface area contributed by atoms with Crippen molar-refractivity contribution < 1.29 is 9.21 Å². The zero-order chi connectivity index (χ0) is 18.5. The number of nitrogens with zero attached hydrogens (tertiary/aromatic N) is 5. The van der Waals surface area contributed by atoms with E-state index < -0.39 is 0 Å². The Morgan fingerprint density at radius 3 is 2.70 bits per heavy atom. The molecule has 3 aromatic rings. The van der Waals surface area contributed by atoms with Crippen molar-refractivity contribution in [1.29, 1.82) is 0 Å². The van der Waals surface area contributed by atoms with Gasteiger partial charge < -0.3 is 9.32 Å². The summed E-state index contributed by atoms with van der Waals surface area (Å²) in [5.74, 6) is 0.858. The molecule has 1 saturated heterocycles. The van der Waals surface area contributed by atoms with E-state index in [2.05, 4.69) is 37.6 Å². The number of pyridine rings is 1. The molecule has 1 amide bonds. The van der Waals surface area contributed by atoms with Crippen molar-refractivity contribution in [2.24, 2.45) is 0 Å². The lowest BCUT2D eigenvalue weighted by Gasteiger charge is -2.34. The Balaban J connectivity index is 1.24. The van der Waals surface area contributed by atoms with Crippen LogP contribution in [-0.2, 0) is 11.3 Å². The van der Waals surface area contributed by atoms with Gasteiger partial charge in [0.25, 0.3) is 5.22 Å². The molecule has 140 valence electrons. The first-order valence-corrected chi connectivity index (χ1v) is 10.5. The second-order valence-corrected chi connectivity index (χ2v) is 8.09. The summed E-state index contributed by atoms with van der Waals surface area (Å²) in [4.78, 5) is 22.1. The monoisotopic (exact) mass is 401 g/mol. The molecule has 0 radical (unpaired) electrons. The van der Waals surface area contributed by atoms with E-state index in [9.17, 15) is 4.79 Å². The van der Waals surface area contributed by atoms with E-state index in [1.165, 1.54) is 16.6 Å². The highest BCUT2D eigenvalue weighted by molar-refractivity contribution is 7.99. The van der Waals surface area contributed by atoms with Crippen molar-refractivity contribution in [3.63, 3.8) is 0 Å². The van der Waals surface area contributed by atoms with E-state index in [0.29, 0.717) is 16.9 Å². The molecule has 27 heavy (non-hydrogen) atoms. The number of thiophene rings is 1. The summed E-state index contributed by atoms with van der Waals surface area (Å²) < 4.78 is 5.62. The average molecular weight is 402 g/mol. The quantitative estimate of drug-likeness (QED) is 0.588. The van der Waals surface area contributed by atoms with Crippen LogP contribution in [0.25, 0.3) is 11.5 Å². The maximum atomic E-state index is 12.5. The number of carbonyl (C=O) groups excluding carboxylic acids is 1. The van der Waals surface area contributed by atoms with Crippen LogP contribution in [-0.4, -0.2) is 62.8 Å². The van der Waals surface area contributed by atoms with Gasteiger partial charge >= 0.3 is 0 Å². The van der Waals surface area contributed by atoms with E-state index >= 15 is 0 Å². The second kappa shape index (κ2) is 8.64. The normalized spacial score (nSPS) is 15.2. The van der Waals surface area contributed by atoms with Gasteiger partial charge in [-0.15, -0.1) is 21.5 Å². The number of thioether (sulfide) groups is 1. The molecule has 0 aromatic carbocycles. The first-order chi connectivity index (χ1) is 13.3. The number of aromatic nitrogens is 3. The third-order valence-electron chi connectivity index (χ3n) is 4.34. The van der Waals surface area contributed by atoms with Gasteiger partial charge in [0.1, 0.15) is 0 Å². The Morgan fingerprint density at radius 2 is 1.96 bits per heavy atom. The standard InChI is InChI=1S/C18H19N5O2S2/c24-16(23-9-7-22(8-10-23)12-15-2-1-11-26-15)13-27-18-21-20-17(25-18)14-3-5-19-6-4-14/h1-6,11H,7-10,12-13H2. The molecule has 0 spiro atoms. The molecule has 1 aliphatic heterocycles. The molecule has 0 atom stereocenters. The number of piperazine rings is 1. The first kappa shape index (κ1) is 18.1. The average Bonchev–Trinajstić information content (AvgIpc) is 3.39. The molecule has 0 bridgehead atoms. The molecule has 1 aliphatic rings. The Kier molecular flexibility index (Phi) is 5.81. The fourth-order valence-electron chi connectivity index (χ4n) is 2.87. The van der Waals surface area contributed by atoms with Crippen LogP contribution in [0.5, 0.6) is 0 Å². The molecule has 0 unspecified atom stereocenters. The van der Waals surface area contributed by atoms with Gasteiger partial charge in [-0.25, -0.2) is 0 Å². The highest BCUT2D eigenvalue weighted by atomic mass is 32.2. The highest BCUT2D eigenvalue weighted by Crippen LogP contribution is 2.23. The molecule has 4 rings (SSSR count).